The maximum absolute atomic E-state index is 13.5. The third-order valence-corrected chi connectivity index (χ3v) is 7.67. The number of nitrogens with one attached hydrogen (secondary N) is 2. The molecule has 38 heavy (non-hydrogen) atoms. The lowest BCUT2D eigenvalue weighted by Crippen LogP contribution is -2.51. The lowest BCUT2D eigenvalue weighted by molar-refractivity contribution is -0.137. The molecule has 2 N–H and O–H groups in total. The summed E-state index contributed by atoms with van der Waals surface area (Å²) < 4.78 is 53.2. The van der Waals surface area contributed by atoms with Crippen molar-refractivity contribution in [2.75, 3.05) is 21.7 Å². The van der Waals surface area contributed by atoms with Crippen molar-refractivity contribution in [3.8, 4) is 0 Å². The third kappa shape index (κ3) is 8.04. The van der Waals surface area contributed by atoms with E-state index in [0.717, 1.165) is 42.2 Å². The highest BCUT2D eigenvalue weighted by molar-refractivity contribution is 7.86. The Bertz CT molecular complexity index is 1200. The van der Waals surface area contributed by atoms with E-state index in [9.17, 15) is 31.8 Å². The molecule has 0 bridgehead atoms. The summed E-state index contributed by atoms with van der Waals surface area (Å²) in [5.74, 6) is -3.19. The molecule has 12 heteroatoms. The predicted molar refractivity (Wildman–Crippen MR) is 141 cm³/mol. The first kappa shape index (κ1) is 29.6. The number of carbonyl (C=O) groups is 3. The van der Waals surface area contributed by atoms with E-state index in [1.165, 1.54) is 13.0 Å². The molecule has 0 spiro atoms. The van der Waals surface area contributed by atoms with E-state index in [-0.39, 0.29) is 11.7 Å². The zero-order chi connectivity index (χ0) is 28.0. The van der Waals surface area contributed by atoms with Gasteiger partial charge >= 0.3 is 6.18 Å². The molecule has 3 rings (SSSR count). The van der Waals surface area contributed by atoms with Gasteiger partial charge in [-0.05, 0) is 57.0 Å². The van der Waals surface area contributed by atoms with Crippen LogP contribution >= 0.6 is 11.6 Å². The van der Waals surface area contributed by atoms with Gasteiger partial charge < -0.3 is 10.6 Å². The van der Waals surface area contributed by atoms with Crippen LogP contribution in [0.4, 0.5) is 24.5 Å². The maximum Gasteiger partial charge on any atom is 0.417 e. The first-order valence-corrected chi connectivity index (χ1v) is 13.9. The van der Waals surface area contributed by atoms with Crippen molar-refractivity contribution in [1.29, 1.82) is 0 Å². The topological polar surface area (TPSA) is 95.6 Å². The fourth-order valence-corrected chi connectivity index (χ4v) is 5.32. The van der Waals surface area contributed by atoms with E-state index in [2.05, 4.69) is 10.6 Å². The predicted octanol–water partition coefficient (Wildman–Crippen LogP) is 4.83. The van der Waals surface area contributed by atoms with Crippen LogP contribution in [0.15, 0.2) is 42.5 Å². The van der Waals surface area contributed by atoms with Gasteiger partial charge in [0.25, 0.3) is 0 Å². The number of halogens is 4. The Morgan fingerprint density at radius 1 is 1.08 bits per heavy atom. The average Bonchev–Trinajstić information content (AvgIpc) is 3.33. The molecule has 206 valence electrons. The van der Waals surface area contributed by atoms with Crippen LogP contribution in [-0.2, 0) is 31.4 Å². The molecule has 0 aliphatic heterocycles. The van der Waals surface area contributed by atoms with Gasteiger partial charge in [0, 0.05) is 28.2 Å². The number of carbonyl (C=O) groups excluding carboxylic acids is 3. The van der Waals surface area contributed by atoms with Crippen molar-refractivity contribution in [2.24, 2.45) is 0 Å². The Labute approximate surface area is 226 Å². The van der Waals surface area contributed by atoms with Gasteiger partial charge in [0.05, 0.1) is 10.6 Å². The molecule has 0 saturated heterocycles. The third-order valence-electron chi connectivity index (χ3n) is 6.18. The largest absolute Gasteiger partial charge is 0.417 e. The van der Waals surface area contributed by atoms with E-state index in [1.54, 1.807) is 24.3 Å². The molecule has 0 aromatic heterocycles. The molecule has 2 atom stereocenters. The number of alkyl halides is 3. The van der Waals surface area contributed by atoms with Gasteiger partial charge in [0.2, 0.25) is 17.7 Å². The van der Waals surface area contributed by atoms with Crippen molar-refractivity contribution in [1.82, 2.24) is 5.32 Å². The first-order valence-electron chi connectivity index (χ1n) is 12.1. The minimum absolute atomic E-state index is 0.0857. The molecular weight excluding hydrogens is 543 g/mol. The number of rotatable bonds is 9. The maximum atomic E-state index is 13.5. The van der Waals surface area contributed by atoms with E-state index in [4.69, 9.17) is 11.6 Å². The highest BCUT2D eigenvalue weighted by Gasteiger charge is 2.36. The summed E-state index contributed by atoms with van der Waals surface area (Å²) in [6, 6.07) is 8.50. The number of nitrogens with zero attached hydrogens (tertiary/aromatic N) is 1. The standard InChI is InChI=1S/C26H29ClF3N3O4S/c1-16-7-9-19(10-8-16)31-23(34)14-38(37)15-24(35)33(17(2)25(36)32-18-5-3-4-6-18)20-11-12-22(27)21(13-20)26(28,29)30/h7-13,17-18H,3-6,14-15H2,1-2H3,(H,31,34)(H,32,36)/t17-,38+/m1/s1. The first-order chi connectivity index (χ1) is 17.8. The van der Waals surface area contributed by atoms with Gasteiger partial charge in [-0.2, -0.15) is 13.2 Å². The van der Waals surface area contributed by atoms with Crippen LogP contribution in [0.1, 0.15) is 43.7 Å². The molecule has 1 aliphatic carbocycles. The van der Waals surface area contributed by atoms with Crippen molar-refractivity contribution < 1.29 is 31.8 Å². The summed E-state index contributed by atoms with van der Waals surface area (Å²) in [6.07, 6.45) is -1.37. The quantitative estimate of drug-likeness (QED) is 0.450. The number of aryl methyl sites for hydroxylation is 1. The normalized spacial score (nSPS) is 15.5. The van der Waals surface area contributed by atoms with Crippen molar-refractivity contribution in [3.05, 3.63) is 58.6 Å². The zero-order valence-corrected chi connectivity index (χ0v) is 22.5. The van der Waals surface area contributed by atoms with Crippen LogP contribution in [-0.4, -0.2) is 45.5 Å². The number of amides is 3. The van der Waals surface area contributed by atoms with Crippen LogP contribution in [0.5, 0.6) is 0 Å². The highest BCUT2D eigenvalue weighted by Crippen LogP contribution is 2.37. The minimum Gasteiger partial charge on any atom is -0.352 e. The second kappa shape index (κ2) is 12.8. The SMILES string of the molecule is Cc1ccc(NC(=O)C[S@](=O)CC(=O)N(c2ccc(Cl)c(C(F)(F)F)c2)[C@H](C)C(=O)NC2CCCC2)cc1. The summed E-state index contributed by atoms with van der Waals surface area (Å²) in [6.45, 7) is 3.27. The molecule has 2 aromatic rings. The molecule has 7 nitrogen and oxygen atoms in total. The number of hydrogen-bond donors (Lipinski definition) is 2. The molecule has 1 saturated carbocycles. The van der Waals surface area contributed by atoms with E-state index in [0.29, 0.717) is 11.8 Å². The van der Waals surface area contributed by atoms with Crippen LogP contribution in [0, 0.1) is 6.92 Å². The Morgan fingerprint density at radius 2 is 1.71 bits per heavy atom. The highest BCUT2D eigenvalue weighted by atomic mass is 35.5. The Morgan fingerprint density at radius 3 is 2.32 bits per heavy atom. The lowest BCUT2D eigenvalue weighted by atomic mass is 10.1. The average molecular weight is 572 g/mol. The van der Waals surface area contributed by atoms with Crippen LogP contribution < -0.4 is 15.5 Å². The van der Waals surface area contributed by atoms with E-state index in [1.807, 2.05) is 6.92 Å². The van der Waals surface area contributed by atoms with Crippen molar-refractivity contribution >= 4 is 51.5 Å². The van der Waals surface area contributed by atoms with E-state index >= 15 is 0 Å². The molecule has 1 aliphatic rings. The van der Waals surface area contributed by atoms with Crippen molar-refractivity contribution in [3.63, 3.8) is 0 Å². The summed E-state index contributed by atoms with van der Waals surface area (Å²) in [5.41, 5.74) is 0.0844. The molecule has 2 aromatic carbocycles. The zero-order valence-electron chi connectivity index (χ0n) is 20.9. The molecule has 0 unspecified atom stereocenters. The van der Waals surface area contributed by atoms with Gasteiger partial charge in [0.1, 0.15) is 17.5 Å². The Kier molecular flexibility index (Phi) is 9.94. The second-order valence-electron chi connectivity index (χ2n) is 9.23. The number of benzene rings is 2. The van der Waals surface area contributed by atoms with Gasteiger partial charge in [-0.25, -0.2) is 0 Å². The monoisotopic (exact) mass is 571 g/mol. The fraction of sp³-hybridized carbons (Fsp3) is 0.423. The summed E-state index contributed by atoms with van der Waals surface area (Å²) in [5, 5.41) is 4.86. The summed E-state index contributed by atoms with van der Waals surface area (Å²) in [7, 11) is -2.00. The summed E-state index contributed by atoms with van der Waals surface area (Å²) >= 11 is 5.74. The van der Waals surface area contributed by atoms with Gasteiger partial charge in [-0.15, -0.1) is 0 Å². The Balaban J connectivity index is 1.79. The smallest absolute Gasteiger partial charge is 0.352 e. The molecule has 1 fully saturated rings. The van der Waals surface area contributed by atoms with Gasteiger partial charge in [-0.3, -0.25) is 23.5 Å². The van der Waals surface area contributed by atoms with Crippen LogP contribution in [0.3, 0.4) is 0 Å². The Hall–Kier alpha value is -2.92. The fourth-order valence-electron chi connectivity index (χ4n) is 4.21. The van der Waals surface area contributed by atoms with Gasteiger partial charge in [0.15, 0.2) is 0 Å². The number of anilines is 2. The second-order valence-corrected chi connectivity index (χ2v) is 11.1. The molecule has 0 heterocycles. The molecule has 0 radical (unpaired) electrons. The molecule has 3 amide bonds. The van der Waals surface area contributed by atoms with Crippen molar-refractivity contribution in [2.45, 2.75) is 57.8 Å². The lowest BCUT2D eigenvalue weighted by Gasteiger charge is -2.30. The minimum atomic E-state index is -4.80. The van der Waals surface area contributed by atoms with Gasteiger partial charge in [-0.1, -0.05) is 42.1 Å². The van der Waals surface area contributed by atoms with Crippen LogP contribution in [0.2, 0.25) is 5.02 Å². The number of hydrogen-bond acceptors (Lipinski definition) is 4. The van der Waals surface area contributed by atoms with E-state index < -0.39 is 62.8 Å². The molecular formula is C26H29ClF3N3O4S. The summed E-state index contributed by atoms with van der Waals surface area (Å²) in [4.78, 5) is 39.4. The van der Waals surface area contributed by atoms with Crippen LogP contribution in [0.25, 0.3) is 0 Å².